The van der Waals surface area contributed by atoms with E-state index in [-0.39, 0.29) is 12.5 Å². The first kappa shape index (κ1) is 17.0. The van der Waals surface area contributed by atoms with E-state index in [4.69, 9.17) is 4.74 Å². The molecule has 0 bridgehead atoms. The van der Waals surface area contributed by atoms with Gasteiger partial charge in [0, 0.05) is 12.1 Å². The van der Waals surface area contributed by atoms with Crippen molar-refractivity contribution in [3.05, 3.63) is 48.0 Å². The van der Waals surface area contributed by atoms with Crippen LogP contribution in [0.25, 0.3) is 10.8 Å². The van der Waals surface area contributed by atoms with Gasteiger partial charge in [-0.25, -0.2) is 4.79 Å². The third-order valence-corrected chi connectivity index (χ3v) is 3.73. The molecule has 122 valence electrons. The zero-order valence-corrected chi connectivity index (χ0v) is 13.4. The zero-order chi connectivity index (χ0) is 16.8. The number of ether oxygens (including phenoxy) is 1. The number of likely N-dealkylation sites (N-methyl/N-ethyl adjacent to an activating group) is 1. The Morgan fingerprint density at radius 3 is 2.48 bits per heavy atom. The fraction of sp³-hybridized carbons (Fsp3) is 0.333. The number of aliphatic hydroxyl groups excluding tert-OH is 1. The van der Waals surface area contributed by atoms with Gasteiger partial charge < -0.3 is 14.7 Å². The van der Waals surface area contributed by atoms with Crippen LogP contribution < -0.4 is 0 Å². The van der Waals surface area contributed by atoms with Crippen LogP contribution in [0.3, 0.4) is 0 Å². The summed E-state index contributed by atoms with van der Waals surface area (Å²) in [5, 5.41) is 11.3. The van der Waals surface area contributed by atoms with Crippen LogP contribution in [0.4, 0.5) is 0 Å². The van der Waals surface area contributed by atoms with E-state index in [0.717, 1.165) is 10.8 Å². The summed E-state index contributed by atoms with van der Waals surface area (Å²) in [7, 11) is 0. The lowest BCUT2D eigenvalue weighted by molar-refractivity contribution is -0.150. The minimum Gasteiger partial charge on any atom is -0.464 e. The Kier molecular flexibility index (Phi) is 5.71. The van der Waals surface area contributed by atoms with Crippen molar-refractivity contribution < 1.29 is 19.4 Å². The lowest BCUT2D eigenvalue weighted by Crippen LogP contribution is -2.48. The first-order chi connectivity index (χ1) is 11.1. The summed E-state index contributed by atoms with van der Waals surface area (Å²) in [6, 6.07) is 12.0. The lowest BCUT2D eigenvalue weighted by Gasteiger charge is -2.28. The highest BCUT2D eigenvalue weighted by atomic mass is 16.5. The Bertz CT molecular complexity index is 693. The van der Waals surface area contributed by atoms with Crippen LogP contribution >= 0.6 is 0 Å². The Morgan fingerprint density at radius 1 is 1.13 bits per heavy atom. The fourth-order valence-corrected chi connectivity index (χ4v) is 2.61. The van der Waals surface area contributed by atoms with Gasteiger partial charge in [0.15, 0.2) is 6.04 Å². The molecule has 5 heteroatoms. The van der Waals surface area contributed by atoms with Gasteiger partial charge in [0.05, 0.1) is 13.2 Å². The molecule has 0 fully saturated rings. The molecule has 0 saturated heterocycles. The van der Waals surface area contributed by atoms with Crippen LogP contribution in [0.15, 0.2) is 42.5 Å². The highest BCUT2D eigenvalue weighted by Crippen LogP contribution is 2.21. The van der Waals surface area contributed by atoms with Crippen molar-refractivity contribution in [2.45, 2.75) is 19.9 Å². The van der Waals surface area contributed by atoms with Crippen molar-refractivity contribution in [1.29, 1.82) is 0 Å². The second kappa shape index (κ2) is 7.74. The largest absolute Gasteiger partial charge is 0.464 e. The standard InChI is InChI=1S/C18H21NO4/c1-3-19(16(12-20)18(22)23-4-2)17(21)15-11-7-9-13-8-5-6-10-14(13)15/h5-11,16,20H,3-4,12H2,1-2H3. The third kappa shape index (κ3) is 3.51. The third-order valence-electron chi connectivity index (χ3n) is 3.73. The Morgan fingerprint density at radius 2 is 1.83 bits per heavy atom. The molecule has 0 aromatic heterocycles. The van der Waals surface area contributed by atoms with Gasteiger partial charge in [-0.15, -0.1) is 0 Å². The molecule has 1 N–H and O–H groups in total. The second-order valence-electron chi connectivity index (χ2n) is 5.07. The van der Waals surface area contributed by atoms with Gasteiger partial charge >= 0.3 is 5.97 Å². The summed E-state index contributed by atoms with van der Waals surface area (Å²) in [5.41, 5.74) is 0.507. The molecule has 1 unspecified atom stereocenters. The smallest absolute Gasteiger partial charge is 0.331 e. The lowest BCUT2D eigenvalue weighted by atomic mass is 10.0. The number of rotatable bonds is 6. The molecule has 0 saturated carbocycles. The van der Waals surface area contributed by atoms with E-state index in [1.807, 2.05) is 36.4 Å². The predicted molar refractivity (Wildman–Crippen MR) is 88.2 cm³/mol. The summed E-state index contributed by atoms with van der Waals surface area (Å²) in [6.45, 7) is 3.49. The van der Waals surface area contributed by atoms with E-state index >= 15 is 0 Å². The van der Waals surface area contributed by atoms with Crippen LogP contribution in [0, 0.1) is 0 Å². The fourth-order valence-electron chi connectivity index (χ4n) is 2.61. The minimum absolute atomic E-state index is 0.204. The maximum Gasteiger partial charge on any atom is 0.331 e. The quantitative estimate of drug-likeness (QED) is 0.830. The molecule has 2 aromatic rings. The summed E-state index contributed by atoms with van der Waals surface area (Å²) < 4.78 is 4.96. The number of hydrogen-bond acceptors (Lipinski definition) is 4. The average molecular weight is 315 g/mol. The number of carbonyl (C=O) groups is 2. The van der Waals surface area contributed by atoms with Gasteiger partial charge in [-0.3, -0.25) is 4.79 Å². The first-order valence-corrected chi connectivity index (χ1v) is 7.70. The van der Waals surface area contributed by atoms with Crippen molar-refractivity contribution in [2.24, 2.45) is 0 Å². The number of carbonyl (C=O) groups excluding carboxylic acids is 2. The molecular weight excluding hydrogens is 294 g/mol. The number of benzene rings is 2. The van der Waals surface area contributed by atoms with Crippen molar-refractivity contribution in [1.82, 2.24) is 4.90 Å². The highest BCUT2D eigenvalue weighted by Gasteiger charge is 2.30. The number of aliphatic hydroxyl groups is 1. The molecule has 2 aromatic carbocycles. The molecule has 0 spiro atoms. The van der Waals surface area contributed by atoms with Crippen molar-refractivity contribution in [3.8, 4) is 0 Å². The Balaban J connectivity index is 2.40. The van der Waals surface area contributed by atoms with E-state index in [9.17, 15) is 14.7 Å². The molecule has 0 aliphatic rings. The molecule has 0 heterocycles. The molecule has 1 atom stereocenters. The SMILES string of the molecule is CCOC(=O)C(CO)N(CC)C(=O)c1cccc2ccccc12. The zero-order valence-electron chi connectivity index (χ0n) is 13.4. The molecular formula is C18H21NO4. The molecule has 2 rings (SSSR count). The molecule has 0 radical (unpaired) electrons. The summed E-state index contributed by atoms with van der Waals surface area (Å²) in [5.74, 6) is -0.887. The topological polar surface area (TPSA) is 66.8 Å². The van der Waals surface area contributed by atoms with Crippen molar-refractivity contribution >= 4 is 22.6 Å². The van der Waals surface area contributed by atoms with Crippen LogP contribution in [0.1, 0.15) is 24.2 Å². The Labute approximate surface area is 135 Å². The van der Waals surface area contributed by atoms with Gasteiger partial charge in [-0.2, -0.15) is 0 Å². The minimum atomic E-state index is -0.994. The maximum absolute atomic E-state index is 12.9. The highest BCUT2D eigenvalue weighted by molar-refractivity contribution is 6.08. The normalized spacial score (nSPS) is 12.0. The maximum atomic E-state index is 12.9. The van der Waals surface area contributed by atoms with E-state index in [2.05, 4.69) is 0 Å². The molecule has 5 nitrogen and oxygen atoms in total. The predicted octanol–water partition coefficient (Wildman–Crippen LogP) is 2.23. The van der Waals surface area contributed by atoms with Gasteiger partial charge in [-0.05, 0) is 30.7 Å². The van der Waals surface area contributed by atoms with E-state index in [1.165, 1.54) is 4.90 Å². The Hall–Kier alpha value is -2.40. The van der Waals surface area contributed by atoms with Crippen molar-refractivity contribution in [2.75, 3.05) is 19.8 Å². The van der Waals surface area contributed by atoms with E-state index < -0.39 is 18.6 Å². The van der Waals surface area contributed by atoms with Crippen molar-refractivity contribution in [3.63, 3.8) is 0 Å². The second-order valence-corrected chi connectivity index (χ2v) is 5.07. The van der Waals surface area contributed by atoms with Crippen LogP contribution in [0.5, 0.6) is 0 Å². The molecule has 0 aliphatic heterocycles. The summed E-state index contributed by atoms with van der Waals surface area (Å²) in [4.78, 5) is 26.3. The summed E-state index contributed by atoms with van der Waals surface area (Å²) in [6.07, 6.45) is 0. The number of amides is 1. The van der Waals surface area contributed by atoms with E-state index in [0.29, 0.717) is 12.1 Å². The first-order valence-electron chi connectivity index (χ1n) is 7.70. The van der Waals surface area contributed by atoms with Gasteiger partial charge in [0.25, 0.3) is 5.91 Å². The number of hydrogen-bond donors (Lipinski definition) is 1. The average Bonchev–Trinajstić information content (AvgIpc) is 2.58. The van der Waals surface area contributed by atoms with Crippen LogP contribution in [0.2, 0.25) is 0 Å². The molecule has 0 aliphatic carbocycles. The molecule has 23 heavy (non-hydrogen) atoms. The van der Waals surface area contributed by atoms with Gasteiger partial charge in [0.1, 0.15) is 0 Å². The van der Waals surface area contributed by atoms with Gasteiger partial charge in [-0.1, -0.05) is 36.4 Å². The van der Waals surface area contributed by atoms with Crippen LogP contribution in [-0.4, -0.2) is 47.7 Å². The molecule has 1 amide bonds. The number of fused-ring (bicyclic) bond motifs is 1. The van der Waals surface area contributed by atoms with Gasteiger partial charge in [0.2, 0.25) is 0 Å². The monoisotopic (exact) mass is 315 g/mol. The van der Waals surface area contributed by atoms with Crippen LogP contribution in [-0.2, 0) is 9.53 Å². The summed E-state index contributed by atoms with van der Waals surface area (Å²) >= 11 is 0. The number of esters is 1. The number of nitrogens with zero attached hydrogens (tertiary/aromatic N) is 1. The van der Waals surface area contributed by atoms with E-state index in [1.54, 1.807) is 19.9 Å².